The van der Waals surface area contributed by atoms with E-state index in [2.05, 4.69) is 21.2 Å². The van der Waals surface area contributed by atoms with E-state index in [1.54, 1.807) is 6.07 Å². The molecule has 0 bridgehead atoms. The van der Waals surface area contributed by atoms with Gasteiger partial charge in [-0.15, -0.1) is 0 Å². The minimum Gasteiger partial charge on any atom is -0.332 e. The Hall–Kier alpha value is -2.19. The van der Waals surface area contributed by atoms with Gasteiger partial charge in [-0.3, -0.25) is 9.59 Å². The lowest BCUT2D eigenvalue weighted by Gasteiger charge is -2.17. The molecule has 2 amide bonds. The summed E-state index contributed by atoms with van der Waals surface area (Å²) in [4.78, 5) is 26.0. The fourth-order valence-corrected chi connectivity index (χ4v) is 3.42. The predicted octanol–water partition coefficient (Wildman–Crippen LogP) is 2.87. The molecule has 0 heterocycles. The molecule has 6 nitrogen and oxygen atoms in total. The van der Waals surface area contributed by atoms with Crippen molar-refractivity contribution < 1.29 is 18.0 Å². The highest BCUT2D eigenvalue weighted by atomic mass is 79.9. The van der Waals surface area contributed by atoms with Gasteiger partial charge in [0, 0.05) is 29.0 Å². The van der Waals surface area contributed by atoms with Gasteiger partial charge in [0.05, 0.1) is 11.4 Å². The van der Waals surface area contributed by atoms with Crippen molar-refractivity contribution in [3.63, 3.8) is 0 Å². The third kappa shape index (κ3) is 5.15. The largest absolute Gasteiger partial charge is 0.332 e. The second-order valence-electron chi connectivity index (χ2n) is 5.97. The summed E-state index contributed by atoms with van der Waals surface area (Å²) in [5.74, 6) is -0.688. The Morgan fingerprint density at radius 2 is 1.73 bits per heavy atom. The lowest BCUT2D eigenvalue weighted by Crippen LogP contribution is -2.35. The molecule has 138 valence electrons. The monoisotopic (exact) mass is 438 g/mol. The summed E-state index contributed by atoms with van der Waals surface area (Å²) in [6, 6.07) is 11.1. The van der Waals surface area contributed by atoms with Crippen LogP contribution in [-0.2, 0) is 14.6 Å². The number of carbonyl (C=O) groups excluding carboxylic acids is 2. The maximum atomic E-state index is 12.4. The second-order valence-corrected chi connectivity index (χ2v) is 8.90. The van der Waals surface area contributed by atoms with Gasteiger partial charge in [0.2, 0.25) is 5.91 Å². The highest BCUT2D eigenvalue weighted by Crippen LogP contribution is 2.20. The fraction of sp³-hybridized carbons (Fsp3) is 0.222. The van der Waals surface area contributed by atoms with E-state index >= 15 is 0 Å². The molecular weight excluding hydrogens is 420 g/mol. The van der Waals surface area contributed by atoms with Crippen LogP contribution >= 0.6 is 15.9 Å². The average molecular weight is 439 g/mol. The first-order chi connectivity index (χ1) is 12.1. The average Bonchev–Trinajstić information content (AvgIpc) is 2.56. The van der Waals surface area contributed by atoms with Gasteiger partial charge in [-0.05, 0) is 55.0 Å². The van der Waals surface area contributed by atoms with E-state index in [0.717, 1.165) is 16.3 Å². The Morgan fingerprint density at radius 3 is 2.27 bits per heavy atom. The van der Waals surface area contributed by atoms with Crippen molar-refractivity contribution in [3.8, 4) is 0 Å². The molecule has 2 aromatic rings. The number of rotatable bonds is 5. The smallest absolute Gasteiger partial charge is 0.254 e. The number of likely N-dealkylation sites (N-methyl/N-ethyl adjacent to an activating group) is 1. The number of sulfone groups is 1. The highest BCUT2D eigenvalue weighted by Gasteiger charge is 2.16. The maximum absolute atomic E-state index is 12.4. The van der Waals surface area contributed by atoms with Crippen LogP contribution in [0.5, 0.6) is 0 Å². The van der Waals surface area contributed by atoms with E-state index in [1.807, 2.05) is 19.1 Å². The number of nitrogens with one attached hydrogen (secondary N) is 1. The number of aryl methyl sites for hydroxylation is 1. The van der Waals surface area contributed by atoms with Crippen LogP contribution in [0.1, 0.15) is 15.9 Å². The molecule has 0 aromatic heterocycles. The summed E-state index contributed by atoms with van der Waals surface area (Å²) in [5.41, 5.74) is 1.89. The van der Waals surface area contributed by atoms with E-state index in [4.69, 9.17) is 0 Å². The van der Waals surface area contributed by atoms with E-state index in [0.29, 0.717) is 11.3 Å². The summed E-state index contributed by atoms with van der Waals surface area (Å²) in [6.07, 6.45) is 1.10. The van der Waals surface area contributed by atoms with Crippen molar-refractivity contribution in [3.05, 3.63) is 58.1 Å². The van der Waals surface area contributed by atoms with Crippen LogP contribution in [0.25, 0.3) is 0 Å². The van der Waals surface area contributed by atoms with Crippen LogP contribution in [-0.4, -0.2) is 45.0 Å². The normalized spacial score (nSPS) is 11.1. The van der Waals surface area contributed by atoms with Crippen LogP contribution in [0.3, 0.4) is 0 Å². The number of amides is 2. The van der Waals surface area contributed by atoms with Crippen molar-refractivity contribution in [2.45, 2.75) is 11.8 Å². The number of carbonyl (C=O) groups is 2. The summed E-state index contributed by atoms with van der Waals surface area (Å²) in [5, 5.41) is 2.77. The minimum absolute atomic E-state index is 0.123. The van der Waals surface area contributed by atoms with Crippen LogP contribution in [0, 0.1) is 6.92 Å². The molecule has 0 aliphatic rings. The van der Waals surface area contributed by atoms with Crippen molar-refractivity contribution in [1.82, 2.24) is 4.90 Å². The number of hydrogen-bond donors (Lipinski definition) is 1. The third-order valence-corrected chi connectivity index (χ3v) is 5.34. The van der Waals surface area contributed by atoms with Gasteiger partial charge in [0.1, 0.15) is 0 Å². The topological polar surface area (TPSA) is 83.6 Å². The van der Waals surface area contributed by atoms with Gasteiger partial charge >= 0.3 is 0 Å². The molecule has 8 heteroatoms. The lowest BCUT2D eigenvalue weighted by molar-refractivity contribution is -0.116. The Labute approximate surface area is 161 Å². The van der Waals surface area contributed by atoms with E-state index < -0.39 is 9.84 Å². The lowest BCUT2D eigenvalue weighted by atomic mass is 10.2. The first-order valence-corrected chi connectivity index (χ1v) is 10.4. The van der Waals surface area contributed by atoms with Crippen molar-refractivity contribution in [2.24, 2.45) is 0 Å². The molecule has 0 fully saturated rings. The quantitative estimate of drug-likeness (QED) is 0.777. The first kappa shape index (κ1) is 20.1. The molecule has 1 N–H and O–H groups in total. The van der Waals surface area contributed by atoms with Crippen molar-refractivity contribution in [1.29, 1.82) is 0 Å². The van der Waals surface area contributed by atoms with Gasteiger partial charge < -0.3 is 10.2 Å². The zero-order valence-corrected chi connectivity index (χ0v) is 17.0. The molecule has 0 aliphatic carbocycles. The summed E-state index contributed by atoms with van der Waals surface area (Å²) < 4.78 is 23.8. The van der Waals surface area contributed by atoms with E-state index in [9.17, 15) is 18.0 Å². The standard InChI is InChI=1S/C18H19BrN2O4S/c1-12-10-14(19)6-9-16(12)20-17(22)11-21(2)18(23)13-4-7-15(8-5-13)26(3,24)25/h4-10H,11H2,1-3H3,(H,20,22). The van der Waals surface area contributed by atoms with Crippen LogP contribution in [0.2, 0.25) is 0 Å². The summed E-state index contributed by atoms with van der Waals surface area (Å²) in [7, 11) is -1.80. The molecule has 0 spiro atoms. The number of anilines is 1. The maximum Gasteiger partial charge on any atom is 0.254 e. The molecule has 0 unspecified atom stereocenters. The first-order valence-electron chi connectivity index (χ1n) is 7.69. The third-order valence-electron chi connectivity index (χ3n) is 3.72. The van der Waals surface area contributed by atoms with Crippen molar-refractivity contribution in [2.75, 3.05) is 25.2 Å². The van der Waals surface area contributed by atoms with Gasteiger partial charge in [0.25, 0.3) is 5.91 Å². The number of halogens is 1. The SMILES string of the molecule is Cc1cc(Br)ccc1NC(=O)CN(C)C(=O)c1ccc(S(C)(=O)=O)cc1. The zero-order chi connectivity index (χ0) is 19.5. The second kappa shape index (κ2) is 8.01. The van der Waals surface area contributed by atoms with Gasteiger partial charge in [-0.25, -0.2) is 8.42 Å². The van der Waals surface area contributed by atoms with E-state index in [1.165, 1.54) is 36.2 Å². The molecular formula is C18H19BrN2O4S. The Balaban J connectivity index is 2.03. The van der Waals surface area contributed by atoms with Crippen LogP contribution in [0.4, 0.5) is 5.69 Å². The van der Waals surface area contributed by atoms with Gasteiger partial charge in [-0.2, -0.15) is 0 Å². The van der Waals surface area contributed by atoms with Crippen LogP contribution < -0.4 is 5.32 Å². The molecule has 2 rings (SSSR count). The molecule has 0 atom stereocenters. The molecule has 0 radical (unpaired) electrons. The van der Waals surface area contributed by atoms with Crippen LogP contribution in [0.15, 0.2) is 51.8 Å². The molecule has 26 heavy (non-hydrogen) atoms. The predicted molar refractivity (Wildman–Crippen MR) is 104 cm³/mol. The van der Waals surface area contributed by atoms with Gasteiger partial charge in [-0.1, -0.05) is 15.9 Å². The number of hydrogen-bond acceptors (Lipinski definition) is 4. The molecule has 2 aromatic carbocycles. The summed E-state index contributed by atoms with van der Waals surface area (Å²) >= 11 is 3.36. The summed E-state index contributed by atoms with van der Waals surface area (Å²) in [6.45, 7) is 1.75. The molecule has 0 saturated heterocycles. The molecule has 0 saturated carbocycles. The Morgan fingerprint density at radius 1 is 1.12 bits per heavy atom. The van der Waals surface area contributed by atoms with Gasteiger partial charge in [0.15, 0.2) is 9.84 Å². The van der Waals surface area contributed by atoms with Crippen molar-refractivity contribution >= 4 is 43.3 Å². The van der Waals surface area contributed by atoms with E-state index in [-0.39, 0.29) is 23.3 Å². The number of benzene rings is 2. The zero-order valence-electron chi connectivity index (χ0n) is 14.6. The molecule has 0 aliphatic heterocycles. The minimum atomic E-state index is -3.32. The Bertz CT molecular complexity index is 940. The highest BCUT2D eigenvalue weighted by molar-refractivity contribution is 9.10. The fourth-order valence-electron chi connectivity index (χ4n) is 2.31. The number of nitrogens with zero attached hydrogens (tertiary/aromatic N) is 1. The Kier molecular flexibility index (Phi) is 6.20.